The third kappa shape index (κ3) is 5.00. The van der Waals surface area contributed by atoms with Crippen LogP contribution in [0.1, 0.15) is 43.0 Å². The smallest absolute Gasteiger partial charge is 0.340 e. The molecule has 0 aliphatic carbocycles. The summed E-state index contributed by atoms with van der Waals surface area (Å²) in [5, 5.41) is 0. The molecular formula is C14H20O3. The number of benzene rings is 1. The van der Waals surface area contributed by atoms with Gasteiger partial charge in [0.1, 0.15) is 0 Å². The Balaban J connectivity index is 2.42. The van der Waals surface area contributed by atoms with E-state index < -0.39 is 6.29 Å². The molecule has 0 bridgehead atoms. The summed E-state index contributed by atoms with van der Waals surface area (Å²) in [6, 6.07) is 8.97. The molecule has 1 rings (SSSR count). The van der Waals surface area contributed by atoms with Gasteiger partial charge in [-0.1, -0.05) is 38.0 Å². The number of methoxy groups -OCH3 is 1. The highest BCUT2D eigenvalue weighted by atomic mass is 16.7. The van der Waals surface area contributed by atoms with Gasteiger partial charge in [-0.3, -0.25) is 0 Å². The number of rotatable bonds is 7. The van der Waals surface area contributed by atoms with Crippen LogP contribution in [0.15, 0.2) is 30.3 Å². The highest BCUT2D eigenvalue weighted by molar-refractivity contribution is 5.89. The van der Waals surface area contributed by atoms with Crippen LogP contribution in [0, 0.1) is 0 Å². The topological polar surface area (TPSA) is 35.5 Å². The van der Waals surface area contributed by atoms with E-state index >= 15 is 0 Å². The highest BCUT2D eigenvalue weighted by Gasteiger charge is 2.14. The molecule has 3 heteroatoms. The van der Waals surface area contributed by atoms with Crippen LogP contribution >= 0.6 is 0 Å². The first-order valence-corrected chi connectivity index (χ1v) is 6.06. The van der Waals surface area contributed by atoms with Gasteiger partial charge in [-0.25, -0.2) is 4.79 Å². The summed E-state index contributed by atoms with van der Waals surface area (Å²) in [4.78, 5) is 11.7. The van der Waals surface area contributed by atoms with Crippen LogP contribution in [0.3, 0.4) is 0 Å². The molecule has 0 aliphatic rings. The van der Waals surface area contributed by atoms with Gasteiger partial charge < -0.3 is 9.47 Å². The molecule has 0 saturated heterocycles. The summed E-state index contributed by atoms with van der Waals surface area (Å²) < 4.78 is 10.4. The van der Waals surface area contributed by atoms with Gasteiger partial charge in [0.25, 0.3) is 0 Å². The normalized spacial score (nSPS) is 12.1. The van der Waals surface area contributed by atoms with Crippen molar-refractivity contribution in [2.24, 2.45) is 0 Å². The number of carbonyl (C=O) groups is 1. The van der Waals surface area contributed by atoms with Crippen molar-refractivity contribution in [2.75, 3.05) is 7.11 Å². The van der Waals surface area contributed by atoms with Crippen LogP contribution < -0.4 is 0 Å². The lowest BCUT2D eigenvalue weighted by molar-refractivity contribution is -0.0941. The van der Waals surface area contributed by atoms with Crippen molar-refractivity contribution >= 4 is 5.97 Å². The zero-order valence-corrected chi connectivity index (χ0v) is 10.5. The molecule has 0 saturated carbocycles. The SMILES string of the molecule is CCCCCC(OC)OC(=O)c1ccccc1. The van der Waals surface area contributed by atoms with E-state index in [4.69, 9.17) is 9.47 Å². The fraction of sp³-hybridized carbons (Fsp3) is 0.500. The molecule has 1 aromatic rings. The molecule has 1 atom stereocenters. The van der Waals surface area contributed by atoms with Crippen molar-refractivity contribution in [3.63, 3.8) is 0 Å². The average molecular weight is 236 g/mol. The van der Waals surface area contributed by atoms with Crippen molar-refractivity contribution in [3.05, 3.63) is 35.9 Å². The maximum Gasteiger partial charge on any atom is 0.340 e. The molecule has 94 valence electrons. The number of esters is 1. The Kier molecular flexibility index (Phi) is 6.33. The maximum atomic E-state index is 11.7. The second-order valence-corrected chi connectivity index (χ2v) is 3.93. The monoisotopic (exact) mass is 236 g/mol. The molecule has 0 fully saturated rings. The molecule has 0 N–H and O–H groups in total. The van der Waals surface area contributed by atoms with Gasteiger partial charge in [0.15, 0.2) is 0 Å². The zero-order valence-electron chi connectivity index (χ0n) is 10.5. The fourth-order valence-corrected chi connectivity index (χ4v) is 1.55. The Labute approximate surface area is 103 Å². The molecule has 0 heterocycles. The fourth-order valence-electron chi connectivity index (χ4n) is 1.55. The van der Waals surface area contributed by atoms with Crippen LogP contribution in [-0.4, -0.2) is 19.4 Å². The molecule has 3 nitrogen and oxygen atoms in total. The zero-order chi connectivity index (χ0) is 12.5. The molecular weight excluding hydrogens is 216 g/mol. The Bertz CT molecular complexity index is 321. The lowest BCUT2D eigenvalue weighted by Crippen LogP contribution is -2.20. The third-order valence-electron chi connectivity index (χ3n) is 2.55. The summed E-state index contributed by atoms with van der Waals surface area (Å²) >= 11 is 0. The van der Waals surface area contributed by atoms with Crippen LogP contribution in [0.2, 0.25) is 0 Å². The predicted molar refractivity (Wildman–Crippen MR) is 66.8 cm³/mol. The minimum atomic E-state index is -0.436. The first-order valence-electron chi connectivity index (χ1n) is 6.06. The summed E-state index contributed by atoms with van der Waals surface area (Å²) in [6.45, 7) is 2.14. The van der Waals surface area contributed by atoms with Gasteiger partial charge in [-0.05, 0) is 18.6 Å². The molecule has 0 amide bonds. The quantitative estimate of drug-likeness (QED) is 0.413. The van der Waals surface area contributed by atoms with Gasteiger partial charge in [0.2, 0.25) is 6.29 Å². The predicted octanol–water partition coefficient (Wildman–Crippen LogP) is 3.40. The highest BCUT2D eigenvalue weighted by Crippen LogP contribution is 2.10. The number of ether oxygens (including phenoxy) is 2. The second kappa shape index (κ2) is 7.85. The van der Waals surface area contributed by atoms with Crippen molar-refractivity contribution in [3.8, 4) is 0 Å². The van der Waals surface area contributed by atoms with Gasteiger partial charge >= 0.3 is 5.97 Å². The number of hydrogen-bond acceptors (Lipinski definition) is 3. The summed E-state index contributed by atoms with van der Waals surface area (Å²) in [5.74, 6) is -0.325. The van der Waals surface area contributed by atoms with Gasteiger partial charge in [0.05, 0.1) is 5.56 Å². The Hall–Kier alpha value is -1.35. The number of unbranched alkanes of at least 4 members (excludes halogenated alkanes) is 2. The standard InChI is InChI=1S/C14H20O3/c1-3-4-6-11-13(16-2)17-14(15)12-9-7-5-8-10-12/h5,7-10,13H,3-4,6,11H2,1-2H3. The van der Waals surface area contributed by atoms with E-state index in [9.17, 15) is 4.79 Å². The Morgan fingerprint density at radius 1 is 1.24 bits per heavy atom. The minimum Gasteiger partial charge on any atom is -0.432 e. The molecule has 0 aliphatic heterocycles. The number of carbonyl (C=O) groups excluding carboxylic acids is 1. The average Bonchev–Trinajstić information content (AvgIpc) is 2.38. The van der Waals surface area contributed by atoms with E-state index in [0.717, 1.165) is 25.7 Å². The van der Waals surface area contributed by atoms with Gasteiger partial charge in [-0.15, -0.1) is 0 Å². The van der Waals surface area contributed by atoms with E-state index in [1.165, 1.54) is 0 Å². The van der Waals surface area contributed by atoms with Crippen molar-refractivity contribution in [1.82, 2.24) is 0 Å². The molecule has 1 unspecified atom stereocenters. The van der Waals surface area contributed by atoms with E-state index in [1.54, 1.807) is 19.2 Å². The summed E-state index contributed by atoms with van der Waals surface area (Å²) in [6.07, 6.45) is 3.60. The number of hydrogen-bond donors (Lipinski definition) is 0. The first-order chi connectivity index (χ1) is 8.27. The molecule has 17 heavy (non-hydrogen) atoms. The van der Waals surface area contributed by atoms with Gasteiger partial charge in [0, 0.05) is 13.5 Å². The van der Waals surface area contributed by atoms with E-state index in [-0.39, 0.29) is 5.97 Å². The molecule has 0 radical (unpaired) electrons. The molecule has 0 aromatic heterocycles. The van der Waals surface area contributed by atoms with Crippen LogP contribution in [0.25, 0.3) is 0 Å². The Morgan fingerprint density at radius 3 is 2.53 bits per heavy atom. The van der Waals surface area contributed by atoms with Crippen molar-refractivity contribution in [1.29, 1.82) is 0 Å². The van der Waals surface area contributed by atoms with Crippen LogP contribution in [0.4, 0.5) is 0 Å². The Morgan fingerprint density at radius 2 is 1.94 bits per heavy atom. The lowest BCUT2D eigenvalue weighted by atomic mass is 10.2. The van der Waals surface area contributed by atoms with Crippen LogP contribution in [-0.2, 0) is 9.47 Å². The second-order valence-electron chi connectivity index (χ2n) is 3.93. The van der Waals surface area contributed by atoms with E-state index in [2.05, 4.69) is 6.92 Å². The third-order valence-corrected chi connectivity index (χ3v) is 2.55. The van der Waals surface area contributed by atoms with Crippen molar-refractivity contribution in [2.45, 2.75) is 38.9 Å². The van der Waals surface area contributed by atoms with E-state index in [0.29, 0.717) is 5.56 Å². The largest absolute Gasteiger partial charge is 0.432 e. The van der Waals surface area contributed by atoms with Gasteiger partial charge in [-0.2, -0.15) is 0 Å². The minimum absolute atomic E-state index is 0.325. The van der Waals surface area contributed by atoms with E-state index in [1.807, 2.05) is 18.2 Å². The van der Waals surface area contributed by atoms with Crippen LogP contribution in [0.5, 0.6) is 0 Å². The molecule has 0 spiro atoms. The first kappa shape index (κ1) is 13.7. The summed E-state index contributed by atoms with van der Waals surface area (Å²) in [5.41, 5.74) is 0.560. The van der Waals surface area contributed by atoms with Crippen molar-refractivity contribution < 1.29 is 14.3 Å². The summed E-state index contributed by atoms with van der Waals surface area (Å²) in [7, 11) is 1.56. The molecule has 1 aromatic carbocycles. The lowest BCUT2D eigenvalue weighted by Gasteiger charge is -2.15. The maximum absolute atomic E-state index is 11.7.